The lowest BCUT2D eigenvalue weighted by Crippen LogP contribution is -2.21. The van der Waals surface area contributed by atoms with Gasteiger partial charge in [-0.25, -0.2) is 0 Å². The molecule has 0 spiro atoms. The van der Waals surface area contributed by atoms with E-state index in [1.807, 2.05) is 45.2 Å². The van der Waals surface area contributed by atoms with Gasteiger partial charge in [0, 0.05) is 30.0 Å². The molecule has 0 saturated heterocycles. The van der Waals surface area contributed by atoms with Crippen molar-refractivity contribution in [2.24, 2.45) is 0 Å². The zero-order chi connectivity index (χ0) is 15.4. The van der Waals surface area contributed by atoms with Gasteiger partial charge in [0.2, 0.25) is 0 Å². The van der Waals surface area contributed by atoms with Gasteiger partial charge in [0.1, 0.15) is 0 Å². The summed E-state index contributed by atoms with van der Waals surface area (Å²) >= 11 is 7.52. The fraction of sp³-hybridized carbons (Fsp3) is 0.353. The first-order chi connectivity index (χ1) is 9.94. The van der Waals surface area contributed by atoms with Crippen LogP contribution in [0.5, 0.6) is 0 Å². The molecule has 0 bridgehead atoms. The van der Waals surface area contributed by atoms with Crippen LogP contribution in [0.1, 0.15) is 32.8 Å². The van der Waals surface area contributed by atoms with Crippen LogP contribution in [0.4, 0.5) is 0 Å². The van der Waals surface area contributed by atoms with E-state index >= 15 is 0 Å². The van der Waals surface area contributed by atoms with Gasteiger partial charge in [-0.1, -0.05) is 28.8 Å². The second-order valence-electron chi connectivity index (χ2n) is 5.49. The van der Waals surface area contributed by atoms with Gasteiger partial charge in [-0.3, -0.25) is 4.79 Å². The van der Waals surface area contributed by atoms with Crippen LogP contribution in [0.3, 0.4) is 0 Å². The number of thiophene rings is 1. The Morgan fingerprint density at radius 3 is 2.43 bits per heavy atom. The van der Waals surface area contributed by atoms with Gasteiger partial charge >= 0.3 is 0 Å². The van der Waals surface area contributed by atoms with Gasteiger partial charge in [0.25, 0.3) is 0 Å². The van der Waals surface area contributed by atoms with Crippen molar-refractivity contribution in [1.82, 2.24) is 4.90 Å². The predicted octanol–water partition coefficient (Wildman–Crippen LogP) is 4.72. The molecule has 0 atom stereocenters. The van der Waals surface area contributed by atoms with Crippen molar-refractivity contribution in [2.75, 3.05) is 13.6 Å². The number of rotatable bonds is 6. The molecule has 1 aromatic carbocycles. The van der Waals surface area contributed by atoms with Crippen LogP contribution < -0.4 is 0 Å². The lowest BCUT2D eigenvalue weighted by Gasteiger charge is -2.15. The van der Waals surface area contributed by atoms with E-state index in [-0.39, 0.29) is 5.78 Å². The maximum atomic E-state index is 12.3. The minimum atomic E-state index is 0.206. The van der Waals surface area contributed by atoms with Crippen molar-refractivity contribution in [3.63, 3.8) is 0 Å². The van der Waals surface area contributed by atoms with E-state index in [0.717, 1.165) is 34.1 Å². The molecule has 0 fully saturated rings. The Balaban J connectivity index is 1.88. The summed E-state index contributed by atoms with van der Waals surface area (Å²) in [5, 5.41) is 0. The molecule has 112 valence electrons. The number of hydrogen-bond acceptors (Lipinski definition) is 3. The van der Waals surface area contributed by atoms with Crippen LogP contribution in [0, 0.1) is 13.8 Å². The van der Waals surface area contributed by atoms with Crippen LogP contribution in [-0.4, -0.2) is 24.3 Å². The molecule has 0 aliphatic rings. The second kappa shape index (κ2) is 7.21. The third kappa shape index (κ3) is 4.95. The number of ketones is 1. The molecule has 2 nitrogen and oxygen atoms in total. The average molecular weight is 322 g/mol. The summed E-state index contributed by atoms with van der Waals surface area (Å²) in [7, 11) is 2.03. The molecular formula is C17H20ClNOS. The molecule has 1 aromatic heterocycles. The Bertz CT molecular complexity index is 615. The first-order valence-electron chi connectivity index (χ1n) is 6.98. The number of aryl methyl sites for hydroxylation is 2. The Kier molecular flexibility index (Phi) is 5.57. The van der Waals surface area contributed by atoms with Crippen molar-refractivity contribution >= 4 is 28.7 Å². The third-order valence-corrected chi connectivity index (χ3v) is 4.53. The number of hydrogen-bond donors (Lipinski definition) is 0. The van der Waals surface area contributed by atoms with Crippen LogP contribution in [-0.2, 0) is 6.54 Å². The average Bonchev–Trinajstić information content (AvgIpc) is 2.80. The van der Waals surface area contributed by atoms with E-state index in [4.69, 9.17) is 11.6 Å². The largest absolute Gasteiger partial charge is 0.301 e. The molecule has 0 saturated carbocycles. The Labute approximate surface area is 135 Å². The molecule has 0 aliphatic carbocycles. The highest BCUT2D eigenvalue weighted by Crippen LogP contribution is 2.22. The number of carbonyl (C=O) groups excluding carboxylic acids is 1. The second-order valence-corrected chi connectivity index (χ2v) is 7.29. The molecule has 0 amide bonds. The van der Waals surface area contributed by atoms with Gasteiger partial charge < -0.3 is 4.90 Å². The highest BCUT2D eigenvalue weighted by molar-refractivity contribution is 7.16. The summed E-state index contributed by atoms with van der Waals surface area (Å²) in [4.78, 5) is 15.6. The molecule has 0 aliphatic heterocycles. The number of carbonyl (C=O) groups is 1. The van der Waals surface area contributed by atoms with Crippen LogP contribution in [0.15, 0.2) is 30.3 Å². The molecule has 21 heavy (non-hydrogen) atoms. The predicted molar refractivity (Wildman–Crippen MR) is 90.5 cm³/mol. The maximum Gasteiger partial charge on any atom is 0.164 e. The normalized spacial score (nSPS) is 11.1. The summed E-state index contributed by atoms with van der Waals surface area (Å²) in [5.41, 5.74) is 3.10. The smallest absolute Gasteiger partial charge is 0.164 e. The minimum absolute atomic E-state index is 0.206. The molecule has 2 aromatic rings. The lowest BCUT2D eigenvalue weighted by atomic mass is 10.0. The minimum Gasteiger partial charge on any atom is -0.301 e. The molecule has 2 rings (SSSR count). The first-order valence-corrected chi connectivity index (χ1v) is 8.18. The van der Waals surface area contributed by atoms with Crippen molar-refractivity contribution < 1.29 is 4.79 Å². The van der Waals surface area contributed by atoms with Gasteiger partial charge in [0.15, 0.2) is 5.78 Å². The molecular weight excluding hydrogens is 302 g/mol. The standard InChI is InChI=1S/C17H20ClNOS/c1-12-8-13(2)10-14(9-12)16(20)6-7-19(3)11-15-4-5-17(18)21-15/h4-5,8-10H,6-7,11H2,1-3H3. The zero-order valence-corrected chi connectivity index (χ0v) is 14.2. The van der Waals surface area contributed by atoms with E-state index in [9.17, 15) is 4.79 Å². The first kappa shape index (κ1) is 16.2. The topological polar surface area (TPSA) is 20.3 Å². The van der Waals surface area contributed by atoms with Crippen LogP contribution >= 0.6 is 22.9 Å². The fourth-order valence-electron chi connectivity index (χ4n) is 2.35. The Hall–Kier alpha value is -1.16. The van der Waals surface area contributed by atoms with E-state index in [1.165, 1.54) is 4.88 Å². The van der Waals surface area contributed by atoms with Gasteiger partial charge in [0.05, 0.1) is 4.34 Å². The highest BCUT2D eigenvalue weighted by atomic mass is 35.5. The third-order valence-electron chi connectivity index (χ3n) is 3.32. The van der Waals surface area contributed by atoms with Gasteiger partial charge in [-0.2, -0.15) is 0 Å². The summed E-state index contributed by atoms with van der Waals surface area (Å²) < 4.78 is 0.810. The van der Waals surface area contributed by atoms with Crippen LogP contribution in [0.2, 0.25) is 4.34 Å². The van der Waals surface area contributed by atoms with Gasteiger partial charge in [-0.05, 0) is 45.2 Å². The summed E-state index contributed by atoms with van der Waals surface area (Å²) in [6, 6.07) is 9.97. The SMILES string of the molecule is Cc1cc(C)cc(C(=O)CCN(C)Cc2ccc(Cl)s2)c1. The Morgan fingerprint density at radius 1 is 1.19 bits per heavy atom. The molecule has 0 unspecified atom stereocenters. The van der Waals surface area contributed by atoms with E-state index < -0.39 is 0 Å². The molecule has 4 heteroatoms. The fourth-order valence-corrected chi connectivity index (χ4v) is 3.52. The summed E-state index contributed by atoms with van der Waals surface area (Å²) in [6.45, 7) is 5.63. The van der Waals surface area contributed by atoms with E-state index in [1.54, 1.807) is 11.3 Å². The zero-order valence-electron chi connectivity index (χ0n) is 12.6. The van der Waals surface area contributed by atoms with Crippen molar-refractivity contribution in [3.8, 4) is 0 Å². The summed E-state index contributed by atoms with van der Waals surface area (Å²) in [5.74, 6) is 0.206. The number of benzene rings is 1. The number of halogens is 1. The monoisotopic (exact) mass is 321 g/mol. The maximum absolute atomic E-state index is 12.3. The molecule has 1 heterocycles. The van der Waals surface area contributed by atoms with Crippen molar-refractivity contribution in [1.29, 1.82) is 0 Å². The Morgan fingerprint density at radius 2 is 1.86 bits per heavy atom. The van der Waals surface area contributed by atoms with Crippen molar-refractivity contribution in [2.45, 2.75) is 26.8 Å². The summed E-state index contributed by atoms with van der Waals surface area (Å²) in [6.07, 6.45) is 0.540. The molecule has 0 radical (unpaired) electrons. The van der Waals surface area contributed by atoms with Gasteiger partial charge in [-0.15, -0.1) is 11.3 Å². The number of nitrogens with zero attached hydrogens (tertiary/aromatic N) is 1. The van der Waals surface area contributed by atoms with E-state index in [0.29, 0.717) is 6.42 Å². The quantitative estimate of drug-likeness (QED) is 0.717. The highest BCUT2D eigenvalue weighted by Gasteiger charge is 2.09. The lowest BCUT2D eigenvalue weighted by molar-refractivity contribution is 0.0968. The molecule has 0 N–H and O–H groups in total. The van der Waals surface area contributed by atoms with Crippen LogP contribution in [0.25, 0.3) is 0 Å². The van der Waals surface area contributed by atoms with Crippen molar-refractivity contribution in [3.05, 3.63) is 56.2 Å². The van der Waals surface area contributed by atoms with E-state index in [2.05, 4.69) is 11.0 Å². The number of Topliss-reactive ketones (excluding diaryl/α,β-unsaturated/α-hetero) is 1.